The normalized spacial score (nSPS) is 18.0. The molecule has 8 nitrogen and oxygen atoms in total. The second-order valence-corrected chi connectivity index (χ2v) is 41.2. The van der Waals surface area contributed by atoms with Gasteiger partial charge >= 0.3 is 0 Å². The van der Waals surface area contributed by atoms with Gasteiger partial charge in [0.1, 0.15) is 34.5 Å². The summed E-state index contributed by atoms with van der Waals surface area (Å²) in [5.74, 6) is 2.76. The Balaban J connectivity index is 0.000000265. The molecule has 6 aromatic rings. The predicted molar refractivity (Wildman–Crippen MR) is 463 cm³/mol. The number of alkyl halides is 1. The van der Waals surface area contributed by atoms with Gasteiger partial charge in [0.05, 0.1) is 25.4 Å². The molecule has 109 heavy (non-hydrogen) atoms. The molecule has 0 heterocycles. The van der Waals surface area contributed by atoms with Crippen molar-refractivity contribution in [3.8, 4) is 34.5 Å². The molecular formula is C100H141BrO8. The van der Waals surface area contributed by atoms with Crippen LogP contribution in [0.15, 0.2) is 119 Å². The largest absolute Gasteiger partial charge is 0.507 e. The Labute approximate surface area is 668 Å². The van der Waals surface area contributed by atoms with Crippen molar-refractivity contribution in [2.45, 2.75) is 316 Å². The molecule has 0 fully saturated rings. The summed E-state index contributed by atoms with van der Waals surface area (Å²) in [6.45, 7) is 64.3. The molecule has 6 aromatic carbocycles. The maximum Gasteiger partial charge on any atom is 0.126 e. The smallest absolute Gasteiger partial charge is 0.126 e. The van der Waals surface area contributed by atoms with Crippen LogP contribution in [0.1, 0.15) is 320 Å². The maximum absolute atomic E-state index is 12.4. The fourth-order valence-corrected chi connectivity index (χ4v) is 15.2. The minimum atomic E-state index is -0.780. The van der Waals surface area contributed by atoms with Crippen LogP contribution in [0.2, 0.25) is 0 Å². The van der Waals surface area contributed by atoms with Crippen LogP contribution in [0.4, 0.5) is 0 Å². The SMILES string of the molecule is CC(C)(C)C1=CC2Cc3cc(C(C)(C)C)cc(c3O)Cc3cc(C(C)(C)C)cc(c3O)Cc3cc(C(C)(C)C)cc(c3O)CC(=C1)C2O.CCCBr.CCCOc1c2cc(C(C)(C)C)cc1Cc1cc(C(C)(C)C)cc(c1O)Cc1cc(C(C)(C)C)cc(c1OCCC)CC1C=C(C(C)(C)C)C=C(C2)C1OCCC. The lowest BCUT2D eigenvalue weighted by Crippen LogP contribution is -2.33. The zero-order valence-corrected chi connectivity index (χ0v) is 74.3. The number of aliphatic hydroxyl groups excluding tert-OH is 1. The third-order valence-electron chi connectivity index (χ3n) is 22.3. The van der Waals surface area contributed by atoms with E-state index in [2.05, 4.69) is 307 Å². The first-order chi connectivity index (χ1) is 50.4. The Kier molecular flexibility index (Phi) is 27.8. The highest BCUT2D eigenvalue weighted by Crippen LogP contribution is 2.48. The number of halogens is 1. The van der Waals surface area contributed by atoms with E-state index < -0.39 is 6.10 Å². The number of aliphatic hydroxyl groups is 1. The number of phenolic OH excluding ortho intramolecular Hbond substituents is 4. The van der Waals surface area contributed by atoms with Gasteiger partial charge in [-0.1, -0.05) is 307 Å². The van der Waals surface area contributed by atoms with E-state index in [0.29, 0.717) is 64.1 Å². The molecule has 0 aromatic heterocycles. The van der Waals surface area contributed by atoms with E-state index in [-0.39, 0.29) is 78.5 Å². The Bertz CT molecular complexity index is 4330. The lowest BCUT2D eigenvalue weighted by Gasteiger charge is -2.36. The average Bonchev–Trinajstić information content (AvgIpc) is 0.747. The summed E-state index contributed by atoms with van der Waals surface area (Å²) < 4.78 is 20.7. The minimum Gasteiger partial charge on any atom is -0.507 e. The number of aromatic hydroxyl groups is 4. The Morgan fingerprint density at radius 1 is 0.321 bits per heavy atom. The lowest BCUT2D eigenvalue weighted by molar-refractivity contribution is 0.0468. The van der Waals surface area contributed by atoms with Gasteiger partial charge in [-0.3, -0.25) is 0 Å². The number of allylic oxidation sites excluding steroid dienone is 4. The van der Waals surface area contributed by atoms with E-state index in [1.807, 2.05) is 0 Å². The predicted octanol–water partition coefficient (Wildman–Crippen LogP) is 25.1. The van der Waals surface area contributed by atoms with Gasteiger partial charge in [-0.05, 0) is 217 Å². The van der Waals surface area contributed by atoms with E-state index in [1.54, 1.807) is 0 Å². The molecule has 0 amide bonds. The minimum absolute atomic E-state index is 0.0506. The van der Waals surface area contributed by atoms with Gasteiger partial charge in [-0.15, -0.1) is 0 Å². The summed E-state index contributed by atoms with van der Waals surface area (Å²) in [6, 6.07) is 26.5. The second kappa shape index (κ2) is 34.4. The van der Waals surface area contributed by atoms with Gasteiger partial charge < -0.3 is 39.7 Å². The molecule has 9 heteroatoms. The summed E-state index contributed by atoms with van der Waals surface area (Å²) in [4.78, 5) is 0. The number of phenols is 4. The first-order valence-electron chi connectivity index (χ1n) is 41.1. The first-order valence-corrected chi connectivity index (χ1v) is 42.2. The average molecular weight is 1550 g/mol. The van der Waals surface area contributed by atoms with Gasteiger partial charge in [0.25, 0.3) is 0 Å². The third kappa shape index (κ3) is 21.8. The highest BCUT2D eigenvalue weighted by molar-refractivity contribution is 9.09. The number of hydrogen-bond acceptors (Lipinski definition) is 8. The lowest BCUT2D eigenvalue weighted by atomic mass is 9.73. The molecule has 4 unspecified atom stereocenters. The van der Waals surface area contributed by atoms with Gasteiger partial charge in [0.2, 0.25) is 0 Å². The van der Waals surface area contributed by atoms with Crippen molar-refractivity contribution in [2.24, 2.45) is 22.7 Å². The molecule has 4 aliphatic carbocycles. The van der Waals surface area contributed by atoms with Crippen LogP contribution in [0.5, 0.6) is 34.5 Å². The van der Waals surface area contributed by atoms with E-state index in [9.17, 15) is 25.5 Å². The van der Waals surface area contributed by atoms with Crippen molar-refractivity contribution in [1.29, 1.82) is 0 Å². The van der Waals surface area contributed by atoms with Gasteiger partial charge in [-0.2, -0.15) is 0 Å². The van der Waals surface area contributed by atoms with Crippen molar-refractivity contribution in [3.05, 3.63) is 220 Å². The van der Waals surface area contributed by atoms with Crippen molar-refractivity contribution in [2.75, 3.05) is 25.2 Å². The van der Waals surface area contributed by atoms with Crippen LogP contribution in [-0.2, 0) is 88.6 Å². The van der Waals surface area contributed by atoms with Crippen LogP contribution in [0.3, 0.4) is 0 Å². The highest BCUT2D eigenvalue weighted by Gasteiger charge is 2.38. The molecule has 4 atom stereocenters. The number of rotatable bonds is 10. The fourth-order valence-electron chi connectivity index (χ4n) is 15.2. The molecule has 10 rings (SSSR count). The number of benzene rings is 6. The van der Waals surface area contributed by atoms with E-state index in [0.717, 1.165) is 132 Å². The number of fused-ring (bicyclic) bond motifs is 16. The molecule has 16 bridgehead atoms. The monoisotopic (exact) mass is 1550 g/mol. The van der Waals surface area contributed by atoms with Crippen LogP contribution in [0.25, 0.3) is 0 Å². The molecule has 0 saturated carbocycles. The Morgan fingerprint density at radius 2 is 0.578 bits per heavy atom. The summed E-state index contributed by atoms with van der Waals surface area (Å²) >= 11 is 3.25. The summed E-state index contributed by atoms with van der Waals surface area (Å²) in [5.41, 5.74) is 21.8. The van der Waals surface area contributed by atoms with Crippen LogP contribution >= 0.6 is 15.9 Å². The van der Waals surface area contributed by atoms with Crippen LogP contribution < -0.4 is 9.47 Å². The van der Waals surface area contributed by atoms with Crippen LogP contribution in [-0.4, -0.2) is 62.9 Å². The van der Waals surface area contributed by atoms with Crippen molar-refractivity contribution in [1.82, 2.24) is 0 Å². The quantitative estimate of drug-likeness (QED) is 0.0858. The third-order valence-corrected chi connectivity index (χ3v) is 23.1. The van der Waals surface area contributed by atoms with Gasteiger partial charge in [0, 0.05) is 49.5 Å². The second-order valence-electron chi connectivity index (χ2n) is 40.4. The van der Waals surface area contributed by atoms with E-state index in [4.69, 9.17) is 14.2 Å². The summed E-state index contributed by atoms with van der Waals surface area (Å²) in [7, 11) is 0. The Hall–Kier alpha value is -6.52. The topological polar surface area (TPSA) is 129 Å². The fraction of sp³-hybridized carbons (Fsp3) is 0.560. The Morgan fingerprint density at radius 3 is 0.908 bits per heavy atom. The van der Waals surface area contributed by atoms with E-state index >= 15 is 0 Å². The number of hydrogen-bond donors (Lipinski definition) is 5. The molecule has 0 aliphatic heterocycles. The highest BCUT2D eigenvalue weighted by atomic mass is 79.9. The molecular weight excluding hydrogens is 1410 g/mol. The molecule has 4 aliphatic rings. The molecule has 596 valence electrons. The first kappa shape index (κ1) is 88.1. The zero-order chi connectivity index (χ0) is 81.2. The van der Waals surface area contributed by atoms with Gasteiger partial charge in [-0.25, -0.2) is 0 Å². The van der Waals surface area contributed by atoms with Crippen molar-refractivity contribution < 1.29 is 39.7 Å². The zero-order valence-electron chi connectivity index (χ0n) is 72.7. The molecule has 0 radical (unpaired) electrons. The van der Waals surface area contributed by atoms with Gasteiger partial charge in [0.15, 0.2) is 0 Å². The maximum atomic E-state index is 12.4. The number of ether oxygens (including phenoxy) is 3. The molecule has 5 N–H and O–H groups in total. The van der Waals surface area contributed by atoms with E-state index in [1.165, 1.54) is 45.4 Å². The molecule has 0 spiro atoms. The summed E-state index contributed by atoms with van der Waals surface area (Å²) in [5, 5.41) is 61.4. The standard InChI is InChI=1S/C53H76O4.C44H58O4.C3H7Br/c1-16-19-55-47-36-22-34-26-42(50(4,5)6)27-35(46(34)54)23-37-29-44(52(10,11)12)31-39(48(37)56-20-17-2)25-41-33-45(53(13,14)15)32-40(49(41)57-21-18-3)24-38(47)30-43(28-36)51(7,8)9;1-41(2,3)33-17-25-13-27-19-34(42(4,5)6)21-29(38(27)46)15-31-23-36(44(10,11)12)24-32(40(31)48)16-30-22-35(43(7,8)9)20-28(39(30)47)14-26(18-33)37(25)45;1-2-3-4/h26-33,40,49,54H,16-25H2,1-15H3;17-25,37,45-48H,13-16H2,1-12H3;2-3H2,1H3. The van der Waals surface area contributed by atoms with Crippen molar-refractivity contribution in [3.63, 3.8) is 0 Å². The molecule has 0 saturated heterocycles. The van der Waals surface area contributed by atoms with Crippen LogP contribution in [0, 0.1) is 22.7 Å². The van der Waals surface area contributed by atoms with Crippen molar-refractivity contribution >= 4 is 15.9 Å². The summed E-state index contributed by atoms with van der Waals surface area (Å²) in [6.07, 6.45) is 16.6.